The highest BCUT2D eigenvalue weighted by molar-refractivity contribution is 5.47. The van der Waals surface area contributed by atoms with Crippen LogP contribution in [0, 0.1) is 0 Å². The molecule has 1 saturated carbocycles. The van der Waals surface area contributed by atoms with E-state index in [1.54, 1.807) is 0 Å². The topological polar surface area (TPSA) is 72.1 Å². The Hall–Kier alpha value is -2.57. The molecule has 1 fully saturated rings. The maximum Gasteiger partial charge on any atom is 0.178 e. The number of hydrogen-bond donors (Lipinski definition) is 0. The van der Waals surface area contributed by atoms with Crippen molar-refractivity contribution in [2.45, 2.75) is 45.1 Å². The molecular formula is C17H19N7. The summed E-state index contributed by atoms with van der Waals surface area (Å²) in [6, 6.07) is 4.04. The van der Waals surface area contributed by atoms with Gasteiger partial charge in [-0.3, -0.25) is 0 Å². The smallest absolute Gasteiger partial charge is 0.178 e. The van der Waals surface area contributed by atoms with Gasteiger partial charge in [0.15, 0.2) is 11.5 Å². The van der Waals surface area contributed by atoms with Gasteiger partial charge in [-0.1, -0.05) is 6.92 Å². The average Bonchev–Trinajstić information content (AvgIpc) is 3.39. The summed E-state index contributed by atoms with van der Waals surface area (Å²) in [6.45, 7) is 3.80. The molecule has 3 aromatic heterocycles. The van der Waals surface area contributed by atoms with Gasteiger partial charge in [0.2, 0.25) is 0 Å². The van der Waals surface area contributed by atoms with E-state index in [-0.39, 0.29) is 0 Å². The minimum absolute atomic E-state index is 0.532. The van der Waals surface area contributed by atoms with Gasteiger partial charge in [-0.05, 0) is 37.0 Å². The van der Waals surface area contributed by atoms with Gasteiger partial charge >= 0.3 is 0 Å². The summed E-state index contributed by atoms with van der Waals surface area (Å²) in [5.41, 5.74) is 3.21. The Morgan fingerprint density at radius 3 is 2.96 bits per heavy atom. The largest absolute Gasteiger partial charge is 0.349 e. The van der Waals surface area contributed by atoms with E-state index in [4.69, 9.17) is 10.1 Å². The van der Waals surface area contributed by atoms with Crippen molar-refractivity contribution in [3.8, 4) is 0 Å². The maximum absolute atomic E-state index is 4.81. The monoisotopic (exact) mass is 321 g/mol. The molecule has 3 aromatic rings. The van der Waals surface area contributed by atoms with Gasteiger partial charge in [0, 0.05) is 25.1 Å². The Bertz CT molecular complexity index is 912. The van der Waals surface area contributed by atoms with E-state index in [2.05, 4.69) is 27.0 Å². The zero-order valence-corrected chi connectivity index (χ0v) is 13.7. The van der Waals surface area contributed by atoms with E-state index in [0.717, 1.165) is 54.7 Å². The standard InChI is InChI=1S/C17H19N7/c1-2-14-18-9-12-7-8-23(10-13(12)19-14)16-6-5-15-20-21-17(11-3-4-11)24(15)22-16/h5-6,9,11H,2-4,7-8,10H2,1H3. The van der Waals surface area contributed by atoms with E-state index < -0.39 is 0 Å². The zero-order chi connectivity index (χ0) is 16.1. The van der Waals surface area contributed by atoms with E-state index >= 15 is 0 Å². The fourth-order valence-electron chi connectivity index (χ4n) is 3.27. The van der Waals surface area contributed by atoms with Crippen LogP contribution >= 0.6 is 0 Å². The van der Waals surface area contributed by atoms with Crippen LogP contribution in [-0.4, -0.2) is 36.3 Å². The van der Waals surface area contributed by atoms with Gasteiger partial charge in [-0.2, -0.15) is 4.52 Å². The summed E-state index contributed by atoms with van der Waals surface area (Å²) in [5.74, 6) is 3.41. The van der Waals surface area contributed by atoms with Gasteiger partial charge in [-0.15, -0.1) is 15.3 Å². The second kappa shape index (κ2) is 5.22. The first kappa shape index (κ1) is 13.8. The average molecular weight is 321 g/mol. The molecular weight excluding hydrogens is 302 g/mol. The molecule has 7 nitrogen and oxygen atoms in total. The predicted molar refractivity (Wildman–Crippen MR) is 88.9 cm³/mol. The lowest BCUT2D eigenvalue weighted by molar-refractivity contribution is 0.672. The minimum atomic E-state index is 0.532. The Morgan fingerprint density at radius 1 is 1.21 bits per heavy atom. The highest BCUT2D eigenvalue weighted by atomic mass is 15.4. The normalized spacial score (nSPS) is 17.3. The number of fused-ring (bicyclic) bond motifs is 2. The van der Waals surface area contributed by atoms with E-state index in [1.165, 1.54) is 18.4 Å². The Balaban J connectivity index is 1.49. The van der Waals surface area contributed by atoms with Gasteiger partial charge in [-0.25, -0.2) is 9.97 Å². The third kappa shape index (κ3) is 2.23. The SMILES string of the molecule is CCc1ncc2c(n1)CN(c1ccc3nnc(C4CC4)n3n1)CC2. The first-order valence-corrected chi connectivity index (χ1v) is 8.63. The Labute approximate surface area is 139 Å². The van der Waals surface area contributed by atoms with Crippen molar-refractivity contribution in [3.63, 3.8) is 0 Å². The van der Waals surface area contributed by atoms with E-state index in [0.29, 0.717) is 5.92 Å². The van der Waals surface area contributed by atoms with Crippen molar-refractivity contribution in [1.82, 2.24) is 29.8 Å². The van der Waals surface area contributed by atoms with E-state index in [1.807, 2.05) is 22.8 Å². The molecule has 4 heterocycles. The molecule has 7 heteroatoms. The van der Waals surface area contributed by atoms with Gasteiger partial charge in [0.05, 0.1) is 12.2 Å². The maximum atomic E-state index is 4.81. The summed E-state index contributed by atoms with van der Waals surface area (Å²) in [4.78, 5) is 11.4. The van der Waals surface area contributed by atoms with Crippen molar-refractivity contribution >= 4 is 11.5 Å². The number of aromatic nitrogens is 6. The van der Waals surface area contributed by atoms with E-state index in [9.17, 15) is 0 Å². The molecule has 0 saturated heterocycles. The zero-order valence-electron chi connectivity index (χ0n) is 13.7. The van der Waals surface area contributed by atoms with Crippen LogP contribution < -0.4 is 4.90 Å². The minimum Gasteiger partial charge on any atom is -0.349 e. The molecule has 0 bridgehead atoms. The fraction of sp³-hybridized carbons (Fsp3) is 0.471. The summed E-state index contributed by atoms with van der Waals surface area (Å²) in [5, 5.41) is 13.4. The lowest BCUT2D eigenvalue weighted by atomic mass is 10.1. The third-order valence-electron chi connectivity index (χ3n) is 4.85. The van der Waals surface area contributed by atoms with Gasteiger partial charge in [0.25, 0.3) is 0 Å². The van der Waals surface area contributed by atoms with Gasteiger partial charge < -0.3 is 4.90 Å². The number of rotatable bonds is 3. The van der Waals surface area contributed by atoms with Crippen LogP contribution in [0.2, 0.25) is 0 Å². The highest BCUT2D eigenvalue weighted by Gasteiger charge is 2.29. The number of anilines is 1. The lowest BCUT2D eigenvalue weighted by Gasteiger charge is -2.28. The molecule has 0 N–H and O–H groups in total. The third-order valence-corrected chi connectivity index (χ3v) is 4.85. The molecule has 0 amide bonds. The first-order chi connectivity index (χ1) is 11.8. The van der Waals surface area contributed by atoms with Crippen LogP contribution in [0.15, 0.2) is 18.3 Å². The Kier molecular flexibility index (Phi) is 3.01. The first-order valence-electron chi connectivity index (χ1n) is 8.63. The fourth-order valence-corrected chi connectivity index (χ4v) is 3.27. The van der Waals surface area contributed by atoms with Crippen molar-refractivity contribution < 1.29 is 0 Å². The molecule has 0 spiro atoms. The number of aryl methyl sites for hydroxylation is 1. The Morgan fingerprint density at radius 2 is 2.12 bits per heavy atom. The van der Waals surface area contributed by atoms with Gasteiger partial charge in [0.1, 0.15) is 11.6 Å². The number of hydrogen-bond acceptors (Lipinski definition) is 6. The molecule has 122 valence electrons. The van der Waals surface area contributed by atoms with Crippen LogP contribution in [0.3, 0.4) is 0 Å². The molecule has 0 atom stereocenters. The summed E-state index contributed by atoms with van der Waals surface area (Å²) in [7, 11) is 0. The molecule has 24 heavy (non-hydrogen) atoms. The highest BCUT2D eigenvalue weighted by Crippen LogP contribution is 2.38. The predicted octanol–water partition coefficient (Wildman–Crippen LogP) is 1.92. The molecule has 2 aliphatic rings. The quantitative estimate of drug-likeness (QED) is 0.734. The molecule has 1 aliphatic heterocycles. The lowest BCUT2D eigenvalue weighted by Crippen LogP contribution is -2.32. The summed E-state index contributed by atoms with van der Waals surface area (Å²) in [6.07, 6.45) is 6.20. The summed E-state index contributed by atoms with van der Waals surface area (Å²) < 4.78 is 1.92. The summed E-state index contributed by atoms with van der Waals surface area (Å²) >= 11 is 0. The molecule has 1 aliphatic carbocycles. The molecule has 0 radical (unpaired) electrons. The molecule has 0 unspecified atom stereocenters. The second-order valence-corrected chi connectivity index (χ2v) is 6.58. The van der Waals surface area contributed by atoms with Crippen LogP contribution in [0.25, 0.3) is 5.65 Å². The van der Waals surface area contributed by atoms with Crippen LogP contribution in [0.5, 0.6) is 0 Å². The second-order valence-electron chi connectivity index (χ2n) is 6.58. The van der Waals surface area contributed by atoms with Crippen LogP contribution in [-0.2, 0) is 19.4 Å². The molecule has 0 aromatic carbocycles. The van der Waals surface area contributed by atoms with Crippen LogP contribution in [0.1, 0.15) is 48.6 Å². The van der Waals surface area contributed by atoms with Crippen LogP contribution in [0.4, 0.5) is 5.82 Å². The van der Waals surface area contributed by atoms with Crippen molar-refractivity contribution in [1.29, 1.82) is 0 Å². The molecule has 5 rings (SSSR count). The van der Waals surface area contributed by atoms with Crippen molar-refractivity contribution in [2.75, 3.05) is 11.4 Å². The van der Waals surface area contributed by atoms with Crippen molar-refractivity contribution in [3.05, 3.63) is 41.2 Å². The van der Waals surface area contributed by atoms with Crippen molar-refractivity contribution in [2.24, 2.45) is 0 Å². The number of nitrogens with zero attached hydrogens (tertiary/aromatic N) is 7.